The van der Waals surface area contributed by atoms with Gasteiger partial charge in [0, 0.05) is 12.7 Å². The van der Waals surface area contributed by atoms with Crippen LogP contribution in [0.15, 0.2) is 18.3 Å². The number of alkyl halides is 3. The zero-order valence-corrected chi connectivity index (χ0v) is 10.3. The van der Waals surface area contributed by atoms with Gasteiger partial charge in [0.15, 0.2) is 5.65 Å². The molecule has 2 heterocycles. The SMILES string of the molecule is FC(F)COCCn1c(CCl)nc2cccnc21. The van der Waals surface area contributed by atoms with Crippen molar-refractivity contribution in [3.05, 3.63) is 24.2 Å². The number of ether oxygens (including phenoxy) is 1. The van der Waals surface area contributed by atoms with Gasteiger partial charge >= 0.3 is 0 Å². The largest absolute Gasteiger partial charge is 0.374 e. The molecule has 0 aliphatic carbocycles. The van der Waals surface area contributed by atoms with Gasteiger partial charge in [0.1, 0.15) is 17.9 Å². The summed E-state index contributed by atoms with van der Waals surface area (Å²) in [4.78, 5) is 8.51. The van der Waals surface area contributed by atoms with Crippen LogP contribution in [0.1, 0.15) is 5.82 Å². The fourth-order valence-electron chi connectivity index (χ4n) is 1.67. The summed E-state index contributed by atoms with van der Waals surface area (Å²) in [6.07, 6.45) is -0.798. The molecule has 0 spiro atoms. The van der Waals surface area contributed by atoms with Crippen LogP contribution >= 0.6 is 11.6 Å². The third-order valence-corrected chi connectivity index (χ3v) is 2.64. The fraction of sp³-hybridized carbons (Fsp3) is 0.455. The molecular formula is C11H12ClF2N3O. The second kappa shape index (κ2) is 6.06. The number of halogens is 3. The Morgan fingerprint density at radius 2 is 2.28 bits per heavy atom. The van der Waals surface area contributed by atoms with E-state index in [1.165, 1.54) is 0 Å². The Hall–Kier alpha value is -1.27. The van der Waals surface area contributed by atoms with Gasteiger partial charge in [-0.15, -0.1) is 11.6 Å². The van der Waals surface area contributed by atoms with E-state index in [0.717, 1.165) is 5.52 Å². The maximum absolute atomic E-state index is 11.9. The highest BCUT2D eigenvalue weighted by molar-refractivity contribution is 6.16. The van der Waals surface area contributed by atoms with Crippen molar-refractivity contribution in [1.82, 2.24) is 14.5 Å². The minimum Gasteiger partial charge on any atom is -0.374 e. The van der Waals surface area contributed by atoms with Crippen LogP contribution in [0.4, 0.5) is 8.78 Å². The van der Waals surface area contributed by atoms with Crippen LogP contribution in [-0.4, -0.2) is 34.2 Å². The lowest BCUT2D eigenvalue weighted by molar-refractivity contribution is 0.0148. The standard InChI is InChI=1S/C11H12ClF2N3O/c12-6-10-16-8-2-1-3-15-11(8)17(10)4-5-18-7-9(13)14/h1-3,9H,4-7H2. The van der Waals surface area contributed by atoms with Crippen LogP contribution in [0.2, 0.25) is 0 Å². The predicted octanol–water partition coefficient (Wildman–Crippen LogP) is 2.45. The average Bonchev–Trinajstić information content (AvgIpc) is 2.72. The van der Waals surface area contributed by atoms with Crippen molar-refractivity contribution in [3.63, 3.8) is 0 Å². The minimum absolute atomic E-state index is 0.177. The molecule has 7 heteroatoms. The second-order valence-corrected chi connectivity index (χ2v) is 3.89. The first-order valence-electron chi connectivity index (χ1n) is 5.44. The van der Waals surface area contributed by atoms with Crippen LogP contribution < -0.4 is 0 Å². The maximum Gasteiger partial charge on any atom is 0.261 e. The molecule has 4 nitrogen and oxygen atoms in total. The minimum atomic E-state index is -2.45. The number of hydrogen-bond acceptors (Lipinski definition) is 3. The molecule has 0 atom stereocenters. The highest BCUT2D eigenvalue weighted by Crippen LogP contribution is 2.14. The zero-order chi connectivity index (χ0) is 13.0. The van der Waals surface area contributed by atoms with Gasteiger partial charge in [-0.05, 0) is 12.1 Å². The van der Waals surface area contributed by atoms with E-state index in [9.17, 15) is 8.78 Å². The van der Waals surface area contributed by atoms with Crippen molar-refractivity contribution in [2.24, 2.45) is 0 Å². The number of aromatic nitrogens is 3. The highest BCUT2D eigenvalue weighted by Gasteiger charge is 2.10. The Morgan fingerprint density at radius 3 is 3.00 bits per heavy atom. The topological polar surface area (TPSA) is 39.9 Å². The lowest BCUT2D eigenvalue weighted by Crippen LogP contribution is -2.12. The third kappa shape index (κ3) is 2.94. The summed E-state index contributed by atoms with van der Waals surface area (Å²) in [6.45, 7) is 0.0226. The summed E-state index contributed by atoms with van der Waals surface area (Å²) in [5.74, 6) is 0.900. The summed E-state index contributed by atoms with van der Waals surface area (Å²) in [6, 6.07) is 3.61. The molecule has 0 aliphatic heterocycles. The van der Waals surface area contributed by atoms with Crippen LogP contribution in [0.25, 0.3) is 11.2 Å². The van der Waals surface area contributed by atoms with Crippen molar-refractivity contribution in [1.29, 1.82) is 0 Å². The van der Waals surface area contributed by atoms with Gasteiger partial charge in [0.05, 0.1) is 12.5 Å². The van der Waals surface area contributed by atoms with E-state index in [0.29, 0.717) is 18.0 Å². The van der Waals surface area contributed by atoms with Crippen molar-refractivity contribution in [2.75, 3.05) is 13.2 Å². The molecule has 0 saturated carbocycles. The quantitative estimate of drug-likeness (QED) is 0.600. The van der Waals surface area contributed by atoms with Crippen molar-refractivity contribution in [3.8, 4) is 0 Å². The molecule has 18 heavy (non-hydrogen) atoms. The molecule has 2 aromatic rings. The van der Waals surface area contributed by atoms with Gasteiger partial charge in [-0.1, -0.05) is 0 Å². The van der Waals surface area contributed by atoms with E-state index in [4.69, 9.17) is 16.3 Å². The molecule has 0 aromatic carbocycles. The van der Waals surface area contributed by atoms with Gasteiger partial charge in [0.25, 0.3) is 6.43 Å². The summed E-state index contributed by atoms with van der Waals surface area (Å²) < 4.78 is 30.5. The Bertz CT molecular complexity index is 518. The fourth-order valence-corrected chi connectivity index (χ4v) is 1.87. The van der Waals surface area contributed by atoms with Crippen molar-refractivity contribution >= 4 is 22.8 Å². The van der Waals surface area contributed by atoms with Crippen molar-refractivity contribution in [2.45, 2.75) is 18.9 Å². The molecule has 2 aromatic heterocycles. The molecule has 0 saturated heterocycles. The maximum atomic E-state index is 11.9. The molecule has 0 bridgehead atoms. The molecule has 0 N–H and O–H groups in total. The van der Waals surface area contributed by atoms with E-state index >= 15 is 0 Å². The Balaban J connectivity index is 2.10. The number of rotatable bonds is 6. The summed E-state index contributed by atoms with van der Waals surface area (Å²) in [5, 5.41) is 0. The first-order chi connectivity index (χ1) is 8.72. The molecule has 0 amide bonds. The van der Waals surface area contributed by atoms with Crippen LogP contribution in [0.5, 0.6) is 0 Å². The first-order valence-corrected chi connectivity index (χ1v) is 5.98. The van der Waals surface area contributed by atoms with E-state index in [2.05, 4.69) is 9.97 Å². The third-order valence-electron chi connectivity index (χ3n) is 2.41. The van der Waals surface area contributed by atoms with Crippen molar-refractivity contribution < 1.29 is 13.5 Å². The summed E-state index contributed by atoms with van der Waals surface area (Å²) >= 11 is 5.79. The number of imidazole rings is 1. The number of hydrogen-bond donors (Lipinski definition) is 0. The Morgan fingerprint density at radius 1 is 1.44 bits per heavy atom. The van der Waals surface area contributed by atoms with E-state index < -0.39 is 13.0 Å². The molecule has 2 rings (SSSR count). The van der Waals surface area contributed by atoms with E-state index in [-0.39, 0.29) is 12.5 Å². The van der Waals surface area contributed by atoms with E-state index in [1.54, 1.807) is 16.8 Å². The number of fused-ring (bicyclic) bond motifs is 1. The molecule has 0 unspecified atom stereocenters. The average molecular weight is 276 g/mol. The molecule has 98 valence electrons. The van der Waals surface area contributed by atoms with Crippen LogP contribution in [-0.2, 0) is 17.2 Å². The van der Waals surface area contributed by atoms with Gasteiger partial charge in [0.2, 0.25) is 0 Å². The molecule has 0 aliphatic rings. The number of pyridine rings is 1. The molecule has 0 radical (unpaired) electrons. The van der Waals surface area contributed by atoms with Crippen LogP contribution in [0.3, 0.4) is 0 Å². The van der Waals surface area contributed by atoms with Gasteiger partial charge in [-0.2, -0.15) is 0 Å². The zero-order valence-electron chi connectivity index (χ0n) is 9.52. The summed E-state index contributed by atoms with van der Waals surface area (Å²) in [5.41, 5.74) is 1.43. The highest BCUT2D eigenvalue weighted by atomic mass is 35.5. The lowest BCUT2D eigenvalue weighted by atomic mass is 10.4. The smallest absolute Gasteiger partial charge is 0.261 e. The predicted molar refractivity (Wildman–Crippen MR) is 63.9 cm³/mol. The number of nitrogens with zero attached hydrogens (tertiary/aromatic N) is 3. The van der Waals surface area contributed by atoms with Crippen LogP contribution in [0, 0.1) is 0 Å². The molecular weight excluding hydrogens is 264 g/mol. The van der Waals surface area contributed by atoms with Gasteiger partial charge in [-0.25, -0.2) is 18.7 Å². The summed E-state index contributed by atoms with van der Waals surface area (Å²) in [7, 11) is 0. The first kappa shape index (κ1) is 13.2. The van der Waals surface area contributed by atoms with Gasteiger partial charge < -0.3 is 9.30 Å². The Kier molecular flexibility index (Phi) is 4.43. The Labute approximate surface area is 108 Å². The van der Waals surface area contributed by atoms with E-state index in [1.807, 2.05) is 6.07 Å². The lowest BCUT2D eigenvalue weighted by Gasteiger charge is -2.07. The van der Waals surface area contributed by atoms with Gasteiger partial charge in [-0.3, -0.25) is 0 Å². The second-order valence-electron chi connectivity index (χ2n) is 3.63. The normalized spacial score (nSPS) is 11.6. The molecule has 0 fully saturated rings. The monoisotopic (exact) mass is 275 g/mol.